The lowest BCUT2D eigenvalue weighted by Gasteiger charge is -2.47. The third-order valence-electron chi connectivity index (χ3n) is 5.63. The van der Waals surface area contributed by atoms with Crippen LogP contribution in [0.1, 0.15) is 166 Å². The van der Waals surface area contributed by atoms with E-state index in [1.54, 1.807) is 0 Å². The minimum Gasteiger partial charge on any atom is -0.508 e. The molecule has 0 aromatic heterocycles. The topological polar surface area (TPSA) is 29.5 Å². The molecule has 0 bridgehead atoms. The highest BCUT2D eigenvalue weighted by atomic mass is 16.5. The van der Waals surface area contributed by atoms with Crippen molar-refractivity contribution >= 4 is 0 Å². The van der Waals surface area contributed by atoms with Crippen LogP contribution >= 0.6 is 0 Å². The summed E-state index contributed by atoms with van der Waals surface area (Å²) in [4.78, 5) is 0. The summed E-state index contributed by atoms with van der Waals surface area (Å²) >= 11 is 0. The molecule has 3 rings (SSSR count). The summed E-state index contributed by atoms with van der Waals surface area (Å²) in [6.45, 7) is 8.81. The molecule has 0 amide bonds. The Labute approximate surface area is 229 Å². The molecule has 1 aliphatic carbocycles. The summed E-state index contributed by atoms with van der Waals surface area (Å²) in [5, 5.41) is 10.7. The minimum absolute atomic E-state index is 0. The molecule has 0 spiro atoms. The molecule has 2 heteroatoms. The number of allylic oxidation sites excluding steroid dienone is 2. The fourth-order valence-corrected chi connectivity index (χ4v) is 4.34. The van der Waals surface area contributed by atoms with Gasteiger partial charge >= 0.3 is 0 Å². The minimum atomic E-state index is -0.177. The molecule has 0 saturated heterocycles. The van der Waals surface area contributed by atoms with Gasteiger partial charge in [0.05, 0.1) is 0 Å². The van der Waals surface area contributed by atoms with Crippen molar-refractivity contribution in [2.24, 2.45) is 5.92 Å². The van der Waals surface area contributed by atoms with Crippen molar-refractivity contribution in [1.29, 1.82) is 0 Å². The molecule has 0 unspecified atom stereocenters. The Morgan fingerprint density at radius 1 is 0.857 bits per heavy atom. The maximum atomic E-state index is 10.7. The zero-order valence-corrected chi connectivity index (χ0v) is 15.0. The molecule has 35 heavy (non-hydrogen) atoms. The number of phenols is 1. The molecule has 222 valence electrons. The molecule has 0 fully saturated rings. The highest BCUT2D eigenvalue weighted by Crippen LogP contribution is 2.54. The number of phenolic OH excluding ortho intramolecular Hbond substituents is 1. The van der Waals surface area contributed by atoms with E-state index in [-0.39, 0.29) is 94.7 Å². The van der Waals surface area contributed by atoms with Gasteiger partial charge < -0.3 is 9.84 Å². The standard InChI is InChI=1S/C21H30O2.12CH4/c1-5-6-7-8-15-12-18(22)20-16-11-14(2)9-10-17(16)21(3,4)23-19(20)13-15;;;;;;;;;;;;/h9,12-13,16-17,22H,5-8,10-11H2,1-4H3;12*1H4/t16-,17-;;;;;;;;;;;;/m1............/s1. The number of aromatic hydroxyl groups is 1. The van der Waals surface area contributed by atoms with Gasteiger partial charge in [0.15, 0.2) is 0 Å². The van der Waals surface area contributed by atoms with Crippen LogP contribution in [-0.2, 0) is 6.42 Å². The number of unbranched alkanes of at least 4 members (excludes halogenated alkanes) is 2. The van der Waals surface area contributed by atoms with E-state index in [4.69, 9.17) is 4.74 Å². The van der Waals surface area contributed by atoms with E-state index in [2.05, 4.69) is 39.8 Å². The Balaban J connectivity index is -0.0000000651. The molecule has 2 atom stereocenters. The number of benzene rings is 1. The second-order valence-corrected chi connectivity index (χ2v) is 7.89. The molecule has 0 radical (unpaired) electrons. The maximum Gasteiger partial charge on any atom is 0.127 e. The van der Waals surface area contributed by atoms with E-state index in [0.29, 0.717) is 17.6 Å². The first kappa shape index (κ1) is 64.1. The average Bonchev–Trinajstić information content (AvgIpc) is 2.46. The lowest BCUT2D eigenvalue weighted by Crippen LogP contribution is -2.45. The highest BCUT2D eigenvalue weighted by molar-refractivity contribution is 5.52. The summed E-state index contributed by atoms with van der Waals surface area (Å²) in [6, 6.07) is 4.15. The van der Waals surface area contributed by atoms with Crippen LogP contribution in [-0.4, -0.2) is 10.7 Å². The Kier molecular flexibility index (Phi) is 47.0. The quantitative estimate of drug-likeness (QED) is 0.325. The van der Waals surface area contributed by atoms with Crippen molar-refractivity contribution in [1.82, 2.24) is 0 Å². The SMILES string of the molecule is C.C.C.C.C.C.C.C.C.C.C.C.CCCCCc1cc(O)c2c(c1)OC(C)(C)[C@@H]1CC=C(C)C[C@@H]21. The Bertz CT molecular complexity index is 614. The van der Waals surface area contributed by atoms with E-state index in [1.807, 2.05) is 6.07 Å². The molecule has 1 aliphatic heterocycles. The summed E-state index contributed by atoms with van der Waals surface area (Å²) in [7, 11) is 0. The summed E-state index contributed by atoms with van der Waals surface area (Å²) in [6.07, 6.45) is 9.06. The number of hydrogen-bond acceptors (Lipinski definition) is 2. The van der Waals surface area contributed by atoms with Gasteiger partial charge in [-0.05, 0) is 64.2 Å². The van der Waals surface area contributed by atoms with Gasteiger partial charge in [0, 0.05) is 17.4 Å². The van der Waals surface area contributed by atoms with Gasteiger partial charge in [-0.2, -0.15) is 0 Å². The molecule has 2 nitrogen and oxygen atoms in total. The predicted molar refractivity (Wildman–Crippen MR) is 176 cm³/mol. The summed E-state index contributed by atoms with van der Waals surface area (Å²) in [5.74, 6) is 2.17. The van der Waals surface area contributed by atoms with E-state index in [9.17, 15) is 5.11 Å². The Morgan fingerprint density at radius 2 is 1.37 bits per heavy atom. The third-order valence-corrected chi connectivity index (χ3v) is 5.63. The van der Waals surface area contributed by atoms with Crippen molar-refractivity contribution in [2.75, 3.05) is 0 Å². The lowest BCUT2D eigenvalue weighted by molar-refractivity contribution is 0.00752. The molecule has 1 aromatic rings. The lowest BCUT2D eigenvalue weighted by atomic mass is 9.67. The Morgan fingerprint density at radius 3 is 1.86 bits per heavy atom. The molecule has 1 heterocycles. The summed E-state index contributed by atoms with van der Waals surface area (Å²) < 4.78 is 6.36. The molecular formula is C33H78O2. The Hall–Kier alpha value is -1.44. The largest absolute Gasteiger partial charge is 0.508 e. The normalized spacial score (nSPS) is 16.5. The number of ether oxygens (including phenoxy) is 1. The van der Waals surface area contributed by atoms with Crippen LogP contribution in [0.4, 0.5) is 0 Å². The van der Waals surface area contributed by atoms with E-state index >= 15 is 0 Å². The number of aryl methyl sites for hydroxylation is 1. The van der Waals surface area contributed by atoms with E-state index in [0.717, 1.165) is 30.6 Å². The van der Waals surface area contributed by atoms with Gasteiger partial charge in [0.25, 0.3) is 0 Å². The van der Waals surface area contributed by atoms with Crippen LogP contribution in [0, 0.1) is 5.92 Å². The van der Waals surface area contributed by atoms with Crippen LogP contribution in [0.2, 0.25) is 0 Å². The van der Waals surface area contributed by atoms with Crippen molar-refractivity contribution in [3.63, 3.8) is 0 Å². The maximum absolute atomic E-state index is 10.7. The van der Waals surface area contributed by atoms with Crippen LogP contribution in [0.15, 0.2) is 23.8 Å². The van der Waals surface area contributed by atoms with Gasteiger partial charge in [-0.3, -0.25) is 0 Å². The first-order chi connectivity index (χ1) is 10.9. The van der Waals surface area contributed by atoms with Crippen molar-refractivity contribution in [3.05, 3.63) is 34.9 Å². The fraction of sp³-hybridized carbons (Fsp3) is 0.758. The monoisotopic (exact) mass is 507 g/mol. The second kappa shape index (κ2) is 25.6. The molecule has 1 aromatic carbocycles. The number of fused-ring (bicyclic) bond motifs is 3. The van der Waals surface area contributed by atoms with E-state index in [1.165, 1.54) is 30.4 Å². The van der Waals surface area contributed by atoms with Crippen LogP contribution < -0.4 is 4.74 Å². The van der Waals surface area contributed by atoms with Crippen molar-refractivity contribution < 1.29 is 9.84 Å². The number of hydrogen-bond donors (Lipinski definition) is 1. The van der Waals surface area contributed by atoms with Crippen LogP contribution in [0.25, 0.3) is 0 Å². The van der Waals surface area contributed by atoms with Gasteiger partial charge in [0.2, 0.25) is 0 Å². The first-order valence-corrected chi connectivity index (χ1v) is 9.12. The van der Waals surface area contributed by atoms with Gasteiger partial charge in [-0.25, -0.2) is 0 Å². The summed E-state index contributed by atoms with van der Waals surface area (Å²) in [5.41, 5.74) is 3.50. The predicted octanol–water partition coefficient (Wildman–Crippen LogP) is 13.4. The smallest absolute Gasteiger partial charge is 0.127 e. The highest BCUT2D eigenvalue weighted by Gasteiger charge is 2.45. The zero-order chi connectivity index (χ0) is 16.6. The van der Waals surface area contributed by atoms with E-state index < -0.39 is 0 Å². The molecule has 0 saturated carbocycles. The van der Waals surface area contributed by atoms with Gasteiger partial charge in [0.1, 0.15) is 17.1 Å². The zero-order valence-electron chi connectivity index (χ0n) is 15.0. The first-order valence-electron chi connectivity index (χ1n) is 9.12. The second-order valence-electron chi connectivity index (χ2n) is 7.89. The average molecular weight is 507 g/mol. The fourth-order valence-electron chi connectivity index (χ4n) is 4.34. The third kappa shape index (κ3) is 13.4. The van der Waals surface area contributed by atoms with Crippen LogP contribution in [0.5, 0.6) is 11.5 Å². The van der Waals surface area contributed by atoms with Gasteiger partial charge in [-0.1, -0.05) is 121 Å². The van der Waals surface area contributed by atoms with Crippen molar-refractivity contribution in [2.45, 2.75) is 167 Å². The van der Waals surface area contributed by atoms with Crippen molar-refractivity contribution in [3.8, 4) is 11.5 Å². The van der Waals surface area contributed by atoms with Crippen LogP contribution in [0.3, 0.4) is 0 Å². The molecular weight excluding hydrogens is 428 g/mol. The number of rotatable bonds is 4. The molecule has 1 N–H and O–H groups in total. The van der Waals surface area contributed by atoms with Gasteiger partial charge in [-0.15, -0.1) is 0 Å². The molecule has 2 aliphatic rings.